The maximum atomic E-state index is 11.7. The molecule has 0 spiro atoms. The predicted octanol–water partition coefficient (Wildman–Crippen LogP) is 3.29. The lowest BCUT2D eigenvalue weighted by Gasteiger charge is -2.03. The van der Waals surface area contributed by atoms with E-state index in [1.165, 1.54) is 11.3 Å². The second kappa shape index (κ2) is 5.48. The largest absolute Gasteiger partial charge is 0.457 e. The van der Waals surface area contributed by atoms with Crippen molar-refractivity contribution in [1.82, 2.24) is 0 Å². The Balaban J connectivity index is 1.95. The van der Waals surface area contributed by atoms with Crippen molar-refractivity contribution < 1.29 is 9.53 Å². The molecule has 3 nitrogen and oxygen atoms in total. The number of ether oxygens (including phenoxy) is 1. The number of aryl methyl sites for hydroxylation is 1. The SMILES string of the molecule is Cc1ccc(C(=O)OCc2ccc(C#N)cc2)s1. The third kappa shape index (κ3) is 2.96. The van der Waals surface area contributed by atoms with Gasteiger partial charge in [0.2, 0.25) is 0 Å². The first kappa shape index (κ1) is 12.3. The van der Waals surface area contributed by atoms with Crippen LogP contribution in [0, 0.1) is 18.3 Å². The number of hydrogen-bond donors (Lipinski definition) is 0. The van der Waals surface area contributed by atoms with E-state index < -0.39 is 0 Å². The van der Waals surface area contributed by atoms with Gasteiger partial charge in [-0.3, -0.25) is 0 Å². The van der Waals surface area contributed by atoms with Crippen LogP contribution in [0.5, 0.6) is 0 Å². The summed E-state index contributed by atoms with van der Waals surface area (Å²) in [6, 6.07) is 12.7. The molecular weight excluding hydrogens is 246 g/mol. The lowest BCUT2D eigenvalue weighted by atomic mass is 10.2. The van der Waals surface area contributed by atoms with Gasteiger partial charge < -0.3 is 4.74 Å². The van der Waals surface area contributed by atoms with Gasteiger partial charge in [-0.2, -0.15) is 5.26 Å². The smallest absolute Gasteiger partial charge is 0.348 e. The van der Waals surface area contributed by atoms with Gasteiger partial charge in [-0.05, 0) is 36.8 Å². The molecule has 0 atom stereocenters. The summed E-state index contributed by atoms with van der Waals surface area (Å²) >= 11 is 1.42. The van der Waals surface area contributed by atoms with Gasteiger partial charge >= 0.3 is 5.97 Å². The van der Waals surface area contributed by atoms with Crippen LogP contribution in [-0.2, 0) is 11.3 Å². The van der Waals surface area contributed by atoms with E-state index in [-0.39, 0.29) is 12.6 Å². The minimum Gasteiger partial charge on any atom is -0.457 e. The highest BCUT2D eigenvalue weighted by Crippen LogP contribution is 2.16. The van der Waals surface area contributed by atoms with Gasteiger partial charge in [-0.15, -0.1) is 11.3 Å². The Morgan fingerprint density at radius 3 is 2.56 bits per heavy atom. The molecule has 0 radical (unpaired) electrons. The zero-order valence-electron chi connectivity index (χ0n) is 9.84. The van der Waals surface area contributed by atoms with E-state index in [0.29, 0.717) is 10.4 Å². The van der Waals surface area contributed by atoms with Gasteiger partial charge in [-0.25, -0.2) is 4.79 Å². The molecule has 18 heavy (non-hydrogen) atoms. The Morgan fingerprint density at radius 2 is 2.00 bits per heavy atom. The number of nitriles is 1. The molecule has 0 saturated heterocycles. The van der Waals surface area contributed by atoms with Gasteiger partial charge in [0.1, 0.15) is 11.5 Å². The number of carbonyl (C=O) groups is 1. The van der Waals surface area contributed by atoms with E-state index in [2.05, 4.69) is 0 Å². The molecule has 4 heteroatoms. The monoisotopic (exact) mass is 257 g/mol. The average Bonchev–Trinajstić information content (AvgIpc) is 2.83. The van der Waals surface area contributed by atoms with E-state index in [1.54, 1.807) is 30.3 Å². The molecule has 1 aromatic heterocycles. The highest BCUT2D eigenvalue weighted by atomic mass is 32.1. The number of nitrogens with zero attached hydrogens (tertiary/aromatic N) is 1. The van der Waals surface area contributed by atoms with Crippen LogP contribution in [0.4, 0.5) is 0 Å². The van der Waals surface area contributed by atoms with Gasteiger partial charge in [-0.1, -0.05) is 12.1 Å². The first-order chi connectivity index (χ1) is 8.69. The molecule has 0 N–H and O–H groups in total. The van der Waals surface area contributed by atoms with Crippen molar-refractivity contribution in [3.05, 3.63) is 57.3 Å². The average molecular weight is 257 g/mol. The molecular formula is C14H11NO2S. The topological polar surface area (TPSA) is 50.1 Å². The van der Waals surface area contributed by atoms with Crippen LogP contribution in [0.25, 0.3) is 0 Å². The lowest BCUT2D eigenvalue weighted by molar-refractivity contribution is 0.0478. The highest BCUT2D eigenvalue weighted by Gasteiger charge is 2.09. The van der Waals surface area contributed by atoms with Gasteiger partial charge in [0.15, 0.2) is 0 Å². The maximum absolute atomic E-state index is 11.7. The van der Waals surface area contributed by atoms with E-state index in [9.17, 15) is 4.79 Å². The molecule has 0 aliphatic heterocycles. The van der Waals surface area contributed by atoms with Crippen LogP contribution in [0.3, 0.4) is 0 Å². The molecule has 2 aromatic rings. The molecule has 0 saturated carbocycles. The van der Waals surface area contributed by atoms with E-state index >= 15 is 0 Å². The van der Waals surface area contributed by atoms with Crippen molar-refractivity contribution in [2.75, 3.05) is 0 Å². The molecule has 1 aromatic carbocycles. The summed E-state index contributed by atoms with van der Waals surface area (Å²) in [7, 11) is 0. The van der Waals surface area contributed by atoms with Crippen molar-refractivity contribution in [2.45, 2.75) is 13.5 Å². The summed E-state index contributed by atoms with van der Waals surface area (Å²) in [6.45, 7) is 2.17. The zero-order valence-corrected chi connectivity index (χ0v) is 10.7. The quantitative estimate of drug-likeness (QED) is 0.793. The summed E-state index contributed by atoms with van der Waals surface area (Å²) in [6.07, 6.45) is 0. The fourth-order valence-corrected chi connectivity index (χ4v) is 2.20. The second-order valence-electron chi connectivity index (χ2n) is 3.80. The van der Waals surface area contributed by atoms with E-state index in [0.717, 1.165) is 10.4 Å². The molecule has 0 aliphatic carbocycles. The fourth-order valence-electron chi connectivity index (χ4n) is 1.44. The third-order valence-corrected chi connectivity index (χ3v) is 3.38. The van der Waals surface area contributed by atoms with Crippen LogP contribution in [0.15, 0.2) is 36.4 Å². The normalized spacial score (nSPS) is 9.78. The summed E-state index contributed by atoms with van der Waals surface area (Å²) < 4.78 is 5.19. The Kier molecular flexibility index (Phi) is 3.75. The van der Waals surface area contributed by atoms with Crippen LogP contribution in [0.2, 0.25) is 0 Å². The Hall–Kier alpha value is -2.12. The minimum absolute atomic E-state index is 0.224. The predicted molar refractivity (Wildman–Crippen MR) is 69.3 cm³/mol. The summed E-state index contributed by atoms with van der Waals surface area (Å²) in [4.78, 5) is 13.4. The fraction of sp³-hybridized carbons (Fsp3) is 0.143. The van der Waals surface area contributed by atoms with Crippen LogP contribution in [-0.4, -0.2) is 5.97 Å². The number of esters is 1. The van der Waals surface area contributed by atoms with Gasteiger partial charge in [0, 0.05) is 4.88 Å². The number of benzene rings is 1. The van der Waals surface area contributed by atoms with Gasteiger partial charge in [0.25, 0.3) is 0 Å². The van der Waals surface area contributed by atoms with Crippen molar-refractivity contribution >= 4 is 17.3 Å². The Labute approximate surface area is 109 Å². The minimum atomic E-state index is -0.308. The summed E-state index contributed by atoms with van der Waals surface area (Å²) in [5.74, 6) is -0.308. The molecule has 90 valence electrons. The van der Waals surface area contributed by atoms with Crippen LogP contribution in [0.1, 0.15) is 25.7 Å². The van der Waals surface area contributed by atoms with Crippen molar-refractivity contribution in [2.24, 2.45) is 0 Å². The lowest BCUT2D eigenvalue weighted by Crippen LogP contribution is -2.02. The zero-order chi connectivity index (χ0) is 13.0. The maximum Gasteiger partial charge on any atom is 0.348 e. The number of hydrogen-bond acceptors (Lipinski definition) is 4. The highest BCUT2D eigenvalue weighted by molar-refractivity contribution is 7.13. The summed E-state index contributed by atoms with van der Waals surface area (Å²) in [5, 5.41) is 8.66. The first-order valence-electron chi connectivity index (χ1n) is 5.41. The standard InChI is InChI=1S/C14H11NO2S/c1-10-2-7-13(18-10)14(16)17-9-12-5-3-11(8-15)4-6-12/h2-7H,9H2,1H3. The van der Waals surface area contributed by atoms with E-state index in [4.69, 9.17) is 10.00 Å². The first-order valence-corrected chi connectivity index (χ1v) is 6.23. The van der Waals surface area contributed by atoms with Crippen LogP contribution < -0.4 is 0 Å². The molecule has 1 heterocycles. The molecule has 0 bridgehead atoms. The van der Waals surface area contributed by atoms with Crippen LogP contribution >= 0.6 is 11.3 Å². The third-order valence-electron chi connectivity index (χ3n) is 2.39. The van der Waals surface area contributed by atoms with Gasteiger partial charge in [0.05, 0.1) is 11.6 Å². The number of rotatable bonds is 3. The molecule has 0 unspecified atom stereocenters. The van der Waals surface area contributed by atoms with Crippen molar-refractivity contribution in [3.63, 3.8) is 0 Å². The second-order valence-corrected chi connectivity index (χ2v) is 5.08. The molecule has 2 rings (SSSR count). The molecule has 0 amide bonds. The van der Waals surface area contributed by atoms with Crippen molar-refractivity contribution in [1.29, 1.82) is 5.26 Å². The number of carbonyl (C=O) groups excluding carboxylic acids is 1. The number of thiophene rings is 1. The molecule has 0 fully saturated rings. The molecule has 0 aliphatic rings. The Bertz CT molecular complexity index is 593. The van der Waals surface area contributed by atoms with Crippen molar-refractivity contribution in [3.8, 4) is 6.07 Å². The summed E-state index contributed by atoms with van der Waals surface area (Å²) in [5.41, 5.74) is 1.47. The Morgan fingerprint density at radius 1 is 1.28 bits per heavy atom. The van der Waals surface area contributed by atoms with E-state index in [1.807, 2.05) is 19.1 Å².